The number of rotatable bonds is 4. The summed E-state index contributed by atoms with van der Waals surface area (Å²) >= 11 is 0. The summed E-state index contributed by atoms with van der Waals surface area (Å²) in [5.74, 6) is -1.91. The first kappa shape index (κ1) is 13.6. The quantitative estimate of drug-likeness (QED) is 0.818. The first-order chi connectivity index (χ1) is 8.45. The highest BCUT2D eigenvalue weighted by Gasteiger charge is 2.21. The molecule has 0 aromatic heterocycles. The molecule has 0 saturated heterocycles. The number of amides is 1. The number of carboxylic acid groups (broad SMARTS) is 1. The standard InChI is InChI=1S/C12H9F2NO3/c1-2-5-15(7-11(16)17)12(18)9-6-8(13)3-4-10(9)14/h1,3-4,6H,5,7H2,(H,16,17). The molecule has 0 atom stereocenters. The Morgan fingerprint density at radius 1 is 1.39 bits per heavy atom. The lowest BCUT2D eigenvalue weighted by Crippen LogP contribution is -2.36. The molecule has 1 aromatic rings. The van der Waals surface area contributed by atoms with Crippen LogP contribution in [0.2, 0.25) is 0 Å². The molecule has 0 aliphatic carbocycles. The first-order valence-corrected chi connectivity index (χ1v) is 4.85. The fourth-order valence-electron chi connectivity index (χ4n) is 1.30. The summed E-state index contributed by atoms with van der Waals surface area (Å²) in [6.45, 7) is -0.986. The molecule has 4 nitrogen and oxygen atoms in total. The van der Waals surface area contributed by atoms with E-state index in [-0.39, 0.29) is 6.54 Å². The summed E-state index contributed by atoms with van der Waals surface area (Å²) in [5.41, 5.74) is -0.550. The maximum Gasteiger partial charge on any atom is 0.323 e. The van der Waals surface area contributed by atoms with Crippen molar-refractivity contribution in [1.82, 2.24) is 4.90 Å². The van der Waals surface area contributed by atoms with Crippen molar-refractivity contribution < 1.29 is 23.5 Å². The molecule has 0 saturated carbocycles. The molecular weight excluding hydrogens is 244 g/mol. The van der Waals surface area contributed by atoms with E-state index in [0.717, 1.165) is 17.0 Å². The van der Waals surface area contributed by atoms with Gasteiger partial charge >= 0.3 is 5.97 Å². The van der Waals surface area contributed by atoms with Gasteiger partial charge < -0.3 is 10.0 Å². The maximum atomic E-state index is 13.3. The van der Waals surface area contributed by atoms with Crippen molar-refractivity contribution in [2.45, 2.75) is 0 Å². The van der Waals surface area contributed by atoms with Crippen LogP contribution in [0.15, 0.2) is 18.2 Å². The van der Waals surface area contributed by atoms with Crippen molar-refractivity contribution in [3.63, 3.8) is 0 Å². The van der Waals surface area contributed by atoms with Crippen molar-refractivity contribution in [2.75, 3.05) is 13.1 Å². The van der Waals surface area contributed by atoms with Crippen LogP contribution in [0.5, 0.6) is 0 Å². The van der Waals surface area contributed by atoms with Crippen LogP contribution in [0, 0.1) is 24.0 Å². The van der Waals surface area contributed by atoms with Crippen LogP contribution in [0.4, 0.5) is 8.78 Å². The van der Waals surface area contributed by atoms with Crippen LogP contribution in [0.1, 0.15) is 10.4 Å². The van der Waals surface area contributed by atoms with Gasteiger partial charge in [-0.2, -0.15) is 0 Å². The third-order valence-electron chi connectivity index (χ3n) is 2.05. The van der Waals surface area contributed by atoms with Crippen LogP contribution in [0.3, 0.4) is 0 Å². The number of carbonyl (C=O) groups is 2. The van der Waals surface area contributed by atoms with Crippen LogP contribution in [0.25, 0.3) is 0 Å². The fraction of sp³-hybridized carbons (Fsp3) is 0.167. The van der Waals surface area contributed by atoms with E-state index in [1.165, 1.54) is 0 Å². The minimum Gasteiger partial charge on any atom is -0.480 e. The smallest absolute Gasteiger partial charge is 0.323 e. The van der Waals surface area contributed by atoms with Gasteiger partial charge in [0.2, 0.25) is 0 Å². The van der Waals surface area contributed by atoms with Crippen molar-refractivity contribution in [1.29, 1.82) is 0 Å². The van der Waals surface area contributed by atoms with Crippen LogP contribution < -0.4 is 0 Å². The molecule has 0 aliphatic rings. The molecule has 6 heteroatoms. The van der Waals surface area contributed by atoms with Gasteiger partial charge in [-0.05, 0) is 18.2 Å². The second-order valence-electron chi connectivity index (χ2n) is 3.38. The van der Waals surface area contributed by atoms with E-state index in [4.69, 9.17) is 11.5 Å². The summed E-state index contributed by atoms with van der Waals surface area (Å²) in [7, 11) is 0. The third kappa shape index (κ3) is 3.28. The largest absolute Gasteiger partial charge is 0.480 e. The summed E-state index contributed by atoms with van der Waals surface area (Å²) < 4.78 is 26.3. The molecule has 0 radical (unpaired) electrons. The Labute approximate surface area is 102 Å². The number of terminal acetylenes is 1. The molecule has 94 valence electrons. The molecule has 18 heavy (non-hydrogen) atoms. The Bertz CT molecular complexity index is 523. The second-order valence-corrected chi connectivity index (χ2v) is 3.38. The molecular formula is C12H9F2NO3. The van der Waals surface area contributed by atoms with Crippen molar-refractivity contribution in [2.24, 2.45) is 0 Å². The normalized spacial score (nSPS) is 9.61. The van der Waals surface area contributed by atoms with Gasteiger partial charge in [0.15, 0.2) is 0 Å². The lowest BCUT2D eigenvalue weighted by Gasteiger charge is -2.18. The van der Waals surface area contributed by atoms with Crippen molar-refractivity contribution in [3.8, 4) is 12.3 Å². The average molecular weight is 253 g/mol. The predicted molar refractivity (Wildman–Crippen MR) is 58.7 cm³/mol. The zero-order valence-corrected chi connectivity index (χ0v) is 9.19. The lowest BCUT2D eigenvalue weighted by atomic mass is 10.1. The molecule has 1 N–H and O–H groups in total. The number of aliphatic carboxylic acids is 1. The number of carboxylic acids is 1. The molecule has 1 aromatic carbocycles. The number of benzene rings is 1. The molecule has 0 bridgehead atoms. The number of halogens is 2. The van der Waals surface area contributed by atoms with Gasteiger partial charge in [-0.25, -0.2) is 8.78 Å². The molecule has 1 rings (SSSR count). The summed E-state index contributed by atoms with van der Waals surface area (Å²) in [5, 5.41) is 8.60. The Balaban J connectivity index is 3.05. The van der Waals surface area contributed by atoms with E-state index in [2.05, 4.69) is 5.92 Å². The topological polar surface area (TPSA) is 57.6 Å². The van der Waals surface area contributed by atoms with Gasteiger partial charge in [0.25, 0.3) is 5.91 Å². The fourth-order valence-corrected chi connectivity index (χ4v) is 1.30. The highest BCUT2D eigenvalue weighted by molar-refractivity contribution is 5.96. The van der Waals surface area contributed by atoms with Crippen molar-refractivity contribution in [3.05, 3.63) is 35.4 Å². The van der Waals surface area contributed by atoms with E-state index < -0.39 is 35.6 Å². The Kier molecular flexibility index (Phi) is 4.38. The SMILES string of the molecule is C#CCN(CC(=O)O)C(=O)c1cc(F)ccc1F. The summed E-state index contributed by atoms with van der Waals surface area (Å²) in [6.07, 6.45) is 4.98. The van der Waals surface area contributed by atoms with Crippen molar-refractivity contribution >= 4 is 11.9 Å². The number of hydrogen-bond acceptors (Lipinski definition) is 2. The Morgan fingerprint density at radius 3 is 2.61 bits per heavy atom. The minimum atomic E-state index is -1.30. The van der Waals surface area contributed by atoms with Gasteiger partial charge in [-0.3, -0.25) is 9.59 Å². The van der Waals surface area contributed by atoms with Gasteiger partial charge in [0.1, 0.15) is 18.2 Å². The monoisotopic (exact) mass is 253 g/mol. The second kappa shape index (κ2) is 5.77. The third-order valence-corrected chi connectivity index (χ3v) is 2.05. The van der Waals surface area contributed by atoms with Gasteiger partial charge in [0.05, 0.1) is 12.1 Å². The number of hydrogen-bond donors (Lipinski definition) is 1. The predicted octanol–water partition coefficient (Wildman–Crippen LogP) is 1.12. The molecule has 0 spiro atoms. The van der Waals surface area contributed by atoms with Gasteiger partial charge in [0, 0.05) is 0 Å². The van der Waals surface area contributed by atoms with Crippen LogP contribution >= 0.6 is 0 Å². The lowest BCUT2D eigenvalue weighted by molar-refractivity contribution is -0.137. The molecule has 0 heterocycles. The van der Waals surface area contributed by atoms with E-state index in [9.17, 15) is 18.4 Å². The molecule has 0 fully saturated rings. The van der Waals surface area contributed by atoms with Crippen LogP contribution in [-0.4, -0.2) is 35.0 Å². The van der Waals surface area contributed by atoms with Gasteiger partial charge in [-0.1, -0.05) is 5.92 Å². The van der Waals surface area contributed by atoms with E-state index in [1.54, 1.807) is 0 Å². The van der Waals surface area contributed by atoms with Gasteiger partial charge in [-0.15, -0.1) is 6.42 Å². The zero-order chi connectivity index (χ0) is 13.7. The Hall–Kier alpha value is -2.42. The summed E-state index contributed by atoms with van der Waals surface area (Å²) in [6, 6.07) is 2.34. The first-order valence-electron chi connectivity index (χ1n) is 4.85. The Morgan fingerprint density at radius 2 is 2.06 bits per heavy atom. The number of carbonyl (C=O) groups excluding carboxylic acids is 1. The highest BCUT2D eigenvalue weighted by Crippen LogP contribution is 2.12. The van der Waals surface area contributed by atoms with E-state index in [1.807, 2.05) is 0 Å². The number of nitrogens with zero attached hydrogens (tertiary/aromatic N) is 1. The van der Waals surface area contributed by atoms with Crippen LogP contribution in [-0.2, 0) is 4.79 Å². The maximum absolute atomic E-state index is 13.3. The molecule has 0 unspecified atom stereocenters. The van der Waals surface area contributed by atoms with E-state index in [0.29, 0.717) is 6.07 Å². The van der Waals surface area contributed by atoms with E-state index >= 15 is 0 Å². The molecule has 1 amide bonds. The highest BCUT2D eigenvalue weighted by atomic mass is 19.1. The zero-order valence-electron chi connectivity index (χ0n) is 9.19. The summed E-state index contributed by atoms with van der Waals surface area (Å²) in [4.78, 5) is 23.1. The average Bonchev–Trinajstić information content (AvgIpc) is 2.30. The minimum absolute atomic E-state index is 0.304. The molecule has 0 aliphatic heterocycles.